The third kappa shape index (κ3) is 3.17. The lowest BCUT2D eigenvalue weighted by molar-refractivity contribution is -0.144. The van der Waals surface area contributed by atoms with Crippen LogP contribution >= 0.6 is 0 Å². The van der Waals surface area contributed by atoms with Crippen LogP contribution < -0.4 is 0 Å². The zero-order valence-corrected chi connectivity index (χ0v) is 12.0. The van der Waals surface area contributed by atoms with E-state index in [2.05, 4.69) is 4.74 Å². The summed E-state index contributed by atoms with van der Waals surface area (Å²) >= 11 is 0. The van der Waals surface area contributed by atoms with Crippen molar-refractivity contribution in [2.75, 3.05) is 14.2 Å². The number of esters is 2. The van der Waals surface area contributed by atoms with Crippen LogP contribution in [0.5, 0.6) is 0 Å². The van der Waals surface area contributed by atoms with Crippen molar-refractivity contribution in [3.63, 3.8) is 0 Å². The quantitative estimate of drug-likeness (QED) is 0.783. The molecule has 20 heavy (non-hydrogen) atoms. The molecule has 0 aromatic heterocycles. The van der Waals surface area contributed by atoms with Crippen molar-refractivity contribution < 1.29 is 19.1 Å². The molecule has 1 saturated heterocycles. The van der Waals surface area contributed by atoms with E-state index >= 15 is 0 Å². The van der Waals surface area contributed by atoms with Crippen LogP contribution in [0.1, 0.15) is 29.3 Å². The number of ether oxygens (including phenoxy) is 2. The smallest absolute Gasteiger partial charge is 0.337 e. The minimum absolute atomic E-state index is 0.0170. The van der Waals surface area contributed by atoms with Crippen LogP contribution in [-0.4, -0.2) is 43.1 Å². The Kier molecular flexibility index (Phi) is 4.39. The minimum atomic E-state index is -0.349. The fourth-order valence-electron chi connectivity index (χ4n) is 2.36. The number of hydrogen-bond donors (Lipinski definition) is 0. The highest BCUT2D eigenvalue weighted by Crippen LogP contribution is 2.20. The summed E-state index contributed by atoms with van der Waals surface area (Å²) in [5, 5.41) is 0. The Bertz CT molecular complexity index is 497. The molecule has 1 heterocycles. The molecule has 2 atom stereocenters. The lowest BCUT2D eigenvalue weighted by Gasteiger charge is -2.21. The molecular formula is C15H19NO4. The van der Waals surface area contributed by atoms with E-state index in [1.165, 1.54) is 7.11 Å². The summed E-state index contributed by atoms with van der Waals surface area (Å²) in [6.07, 6.45) is 0.701. The van der Waals surface area contributed by atoms with Crippen molar-refractivity contribution >= 4 is 11.9 Å². The maximum atomic E-state index is 11.7. The number of benzene rings is 1. The Labute approximate surface area is 118 Å². The maximum absolute atomic E-state index is 11.7. The second-order valence-corrected chi connectivity index (χ2v) is 5.10. The topological polar surface area (TPSA) is 55.8 Å². The molecule has 0 radical (unpaired) electrons. The van der Waals surface area contributed by atoms with Gasteiger partial charge < -0.3 is 9.47 Å². The van der Waals surface area contributed by atoms with E-state index in [4.69, 9.17) is 4.74 Å². The number of hydrogen-bond acceptors (Lipinski definition) is 5. The van der Waals surface area contributed by atoms with Crippen molar-refractivity contribution in [3.05, 3.63) is 35.4 Å². The summed E-state index contributed by atoms with van der Waals surface area (Å²) in [7, 11) is 3.26. The van der Waals surface area contributed by atoms with E-state index in [1.54, 1.807) is 12.1 Å². The average Bonchev–Trinajstić information content (AvgIpc) is 2.78. The molecule has 5 heteroatoms. The average molecular weight is 277 g/mol. The number of methoxy groups -OCH3 is 1. The lowest BCUT2D eigenvalue weighted by atomic mass is 10.1. The van der Waals surface area contributed by atoms with Gasteiger partial charge in [0.1, 0.15) is 12.1 Å². The molecule has 1 aliphatic rings. The fourth-order valence-corrected chi connectivity index (χ4v) is 2.36. The molecule has 0 amide bonds. The molecule has 5 nitrogen and oxygen atoms in total. The molecule has 0 aliphatic carbocycles. The minimum Gasteiger partial charge on any atom is -0.465 e. The number of carbonyl (C=O) groups is 2. The molecule has 108 valence electrons. The number of cyclic esters (lactones) is 1. The normalized spacial score (nSPS) is 21.9. The van der Waals surface area contributed by atoms with Gasteiger partial charge in [-0.05, 0) is 31.7 Å². The van der Waals surface area contributed by atoms with Crippen LogP contribution in [0.4, 0.5) is 0 Å². The van der Waals surface area contributed by atoms with Gasteiger partial charge >= 0.3 is 11.9 Å². The molecule has 1 aliphatic heterocycles. The number of carbonyl (C=O) groups excluding carboxylic acids is 2. The Morgan fingerprint density at radius 2 is 2.05 bits per heavy atom. The maximum Gasteiger partial charge on any atom is 0.337 e. The monoisotopic (exact) mass is 277 g/mol. The van der Waals surface area contributed by atoms with Gasteiger partial charge in [-0.3, -0.25) is 9.69 Å². The van der Waals surface area contributed by atoms with Crippen LogP contribution in [0.25, 0.3) is 0 Å². The van der Waals surface area contributed by atoms with Crippen molar-refractivity contribution in [2.24, 2.45) is 0 Å². The van der Waals surface area contributed by atoms with Crippen molar-refractivity contribution in [3.8, 4) is 0 Å². The first-order valence-electron chi connectivity index (χ1n) is 6.59. The lowest BCUT2D eigenvalue weighted by Crippen LogP contribution is -2.34. The summed E-state index contributed by atoms with van der Waals surface area (Å²) in [6.45, 7) is 2.53. The van der Waals surface area contributed by atoms with E-state index in [0.717, 1.165) is 12.0 Å². The highest BCUT2D eigenvalue weighted by Gasteiger charge is 2.34. The zero-order valence-electron chi connectivity index (χ0n) is 12.0. The van der Waals surface area contributed by atoms with Crippen LogP contribution in [-0.2, 0) is 20.8 Å². The van der Waals surface area contributed by atoms with Crippen molar-refractivity contribution in [2.45, 2.75) is 32.0 Å². The standard InChI is InChI=1S/C15H19NO4/c1-10-8-13(15(18)20-10)16(2)9-11-4-6-12(7-5-11)14(17)19-3/h4-7,10,13H,8-9H2,1-3H3/t10-,13-/m1/s1. The van der Waals surface area contributed by atoms with E-state index in [1.807, 2.05) is 31.0 Å². The largest absolute Gasteiger partial charge is 0.465 e. The van der Waals surface area contributed by atoms with Crippen LogP contribution in [0.3, 0.4) is 0 Å². The van der Waals surface area contributed by atoms with E-state index in [-0.39, 0.29) is 24.1 Å². The summed E-state index contributed by atoms with van der Waals surface area (Å²) < 4.78 is 9.81. The molecule has 0 unspecified atom stereocenters. The first-order chi connectivity index (χ1) is 9.51. The molecule has 1 aromatic rings. The predicted molar refractivity (Wildman–Crippen MR) is 73.2 cm³/mol. The fraction of sp³-hybridized carbons (Fsp3) is 0.467. The molecule has 0 spiro atoms. The Balaban J connectivity index is 1.99. The summed E-state index contributed by atoms with van der Waals surface area (Å²) in [4.78, 5) is 25.0. The molecule has 0 bridgehead atoms. The van der Waals surface area contributed by atoms with Crippen LogP contribution in [0.2, 0.25) is 0 Å². The van der Waals surface area contributed by atoms with Gasteiger partial charge in [-0.2, -0.15) is 0 Å². The molecule has 2 rings (SSSR count). The molecular weight excluding hydrogens is 258 g/mol. The van der Waals surface area contributed by atoms with Gasteiger partial charge in [0.2, 0.25) is 0 Å². The summed E-state index contributed by atoms with van der Waals surface area (Å²) in [5.41, 5.74) is 1.56. The summed E-state index contributed by atoms with van der Waals surface area (Å²) in [6, 6.07) is 7.00. The second-order valence-electron chi connectivity index (χ2n) is 5.10. The van der Waals surface area contributed by atoms with E-state index < -0.39 is 0 Å². The van der Waals surface area contributed by atoms with Crippen LogP contribution in [0.15, 0.2) is 24.3 Å². The van der Waals surface area contributed by atoms with E-state index in [9.17, 15) is 9.59 Å². The molecule has 0 saturated carbocycles. The Morgan fingerprint density at radius 1 is 1.40 bits per heavy atom. The van der Waals surface area contributed by atoms with Gasteiger partial charge in [-0.25, -0.2) is 4.79 Å². The van der Waals surface area contributed by atoms with E-state index in [0.29, 0.717) is 12.1 Å². The number of nitrogens with zero attached hydrogens (tertiary/aromatic N) is 1. The summed E-state index contributed by atoms with van der Waals surface area (Å²) in [5.74, 6) is -0.510. The molecule has 0 N–H and O–H groups in total. The first kappa shape index (κ1) is 14.5. The van der Waals surface area contributed by atoms with Crippen LogP contribution in [0, 0.1) is 0 Å². The van der Waals surface area contributed by atoms with Gasteiger partial charge in [0.15, 0.2) is 0 Å². The molecule has 1 aromatic carbocycles. The third-order valence-corrected chi connectivity index (χ3v) is 3.48. The van der Waals surface area contributed by atoms with Gasteiger partial charge in [0.05, 0.1) is 12.7 Å². The van der Waals surface area contributed by atoms with Gasteiger partial charge in [0, 0.05) is 13.0 Å². The first-order valence-corrected chi connectivity index (χ1v) is 6.59. The highest BCUT2D eigenvalue weighted by molar-refractivity contribution is 5.89. The highest BCUT2D eigenvalue weighted by atomic mass is 16.6. The number of likely N-dealkylation sites (N-methyl/N-ethyl adjacent to an activating group) is 1. The predicted octanol–water partition coefficient (Wildman–Crippen LogP) is 1.61. The Hall–Kier alpha value is -1.88. The Morgan fingerprint density at radius 3 is 2.55 bits per heavy atom. The number of rotatable bonds is 4. The SMILES string of the molecule is COC(=O)c1ccc(CN(C)[C@@H]2C[C@@H](C)OC2=O)cc1. The zero-order chi connectivity index (χ0) is 14.7. The second kappa shape index (κ2) is 6.05. The van der Waals surface area contributed by atoms with Crippen molar-refractivity contribution in [1.82, 2.24) is 4.90 Å². The van der Waals surface area contributed by atoms with Crippen molar-refractivity contribution in [1.29, 1.82) is 0 Å². The third-order valence-electron chi connectivity index (χ3n) is 3.48. The van der Waals surface area contributed by atoms with Gasteiger partial charge in [-0.1, -0.05) is 12.1 Å². The van der Waals surface area contributed by atoms with Gasteiger partial charge in [-0.15, -0.1) is 0 Å². The van der Waals surface area contributed by atoms with Gasteiger partial charge in [0.25, 0.3) is 0 Å². The molecule has 1 fully saturated rings.